The van der Waals surface area contributed by atoms with E-state index in [-0.39, 0.29) is 0 Å². The molecule has 0 aromatic carbocycles. The Kier molecular flexibility index (Phi) is 5.46. The molecule has 1 atom stereocenters. The van der Waals surface area contributed by atoms with Crippen molar-refractivity contribution in [3.8, 4) is 0 Å². The Labute approximate surface area is 68.8 Å². The molecule has 11 heavy (non-hydrogen) atoms. The summed E-state index contributed by atoms with van der Waals surface area (Å²) in [4.78, 5) is 0. The summed E-state index contributed by atoms with van der Waals surface area (Å²) in [5.74, 6) is -1.15. The zero-order valence-electron chi connectivity index (χ0n) is 7.68. The molecule has 2 N–H and O–H groups in total. The zero-order valence-corrected chi connectivity index (χ0v) is 7.68. The first-order chi connectivity index (χ1) is 5.12. The van der Waals surface area contributed by atoms with Gasteiger partial charge in [-0.1, -0.05) is 13.3 Å². The molecule has 0 radical (unpaired) electrons. The van der Waals surface area contributed by atoms with Crippen molar-refractivity contribution in [3.63, 3.8) is 0 Å². The summed E-state index contributed by atoms with van der Waals surface area (Å²) in [6, 6.07) is 0. The van der Waals surface area contributed by atoms with Crippen LogP contribution < -0.4 is 5.32 Å². The molecule has 0 aliphatic rings. The third-order valence-corrected chi connectivity index (χ3v) is 1.41. The number of unbranched alkanes of at least 4 members (excludes halogenated alkanes) is 1. The van der Waals surface area contributed by atoms with Crippen LogP contribution in [-0.2, 0) is 4.74 Å². The van der Waals surface area contributed by atoms with Gasteiger partial charge in [-0.2, -0.15) is 0 Å². The molecule has 1 unspecified atom stereocenters. The fourth-order valence-corrected chi connectivity index (χ4v) is 0.829. The molecule has 0 saturated carbocycles. The van der Waals surface area contributed by atoms with Gasteiger partial charge in [0.2, 0.25) is 5.91 Å². The lowest BCUT2D eigenvalue weighted by atomic mass is 10.3. The molecule has 0 amide bonds. The fourth-order valence-electron chi connectivity index (χ4n) is 0.829. The van der Waals surface area contributed by atoms with Crippen LogP contribution in [0.2, 0.25) is 0 Å². The largest absolute Gasteiger partial charge is 0.353 e. The number of ether oxygens (including phenoxy) is 1. The average Bonchev–Trinajstić information content (AvgIpc) is 1.87. The SMILES string of the molecule is CCCCNC(C)(O)OCC. The van der Waals surface area contributed by atoms with Crippen LogP contribution in [0.15, 0.2) is 0 Å². The van der Waals surface area contributed by atoms with Crippen molar-refractivity contribution < 1.29 is 9.84 Å². The number of nitrogens with one attached hydrogen (secondary N) is 1. The Bertz CT molecular complexity index is 94.1. The monoisotopic (exact) mass is 161 g/mol. The molecule has 0 fully saturated rings. The van der Waals surface area contributed by atoms with Gasteiger partial charge in [0.1, 0.15) is 0 Å². The number of hydrogen-bond donors (Lipinski definition) is 2. The molecule has 3 heteroatoms. The van der Waals surface area contributed by atoms with Crippen LogP contribution in [0.5, 0.6) is 0 Å². The Morgan fingerprint density at radius 2 is 2.09 bits per heavy atom. The summed E-state index contributed by atoms with van der Waals surface area (Å²) in [7, 11) is 0. The van der Waals surface area contributed by atoms with Crippen molar-refractivity contribution >= 4 is 0 Å². The second kappa shape index (κ2) is 5.52. The van der Waals surface area contributed by atoms with E-state index in [0.29, 0.717) is 6.61 Å². The van der Waals surface area contributed by atoms with Crippen LogP contribution in [-0.4, -0.2) is 24.2 Å². The standard InChI is InChI=1S/C8H19NO2/c1-4-6-7-9-8(3,10)11-5-2/h9-10H,4-7H2,1-3H3. The van der Waals surface area contributed by atoms with Gasteiger partial charge in [-0.3, -0.25) is 5.32 Å². The van der Waals surface area contributed by atoms with E-state index < -0.39 is 5.91 Å². The molecule has 0 saturated heterocycles. The molecule has 0 rings (SSSR count). The summed E-state index contributed by atoms with van der Waals surface area (Å²) in [5, 5.41) is 12.3. The van der Waals surface area contributed by atoms with Crippen molar-refractivity contribution in [2.24, 2.45) is 0 Å². The van der Waals surface area contributed by atoms with Crippen LogP contribution in [0.1, 0.15) is 33.6 Å². The number of rotatable bonds is 6. The molecule has 0 bridgehead atoms. The quantitative estimate of drug-likeness (QED) is 0.452. The second-order valence-corrected chi connectivity index (χ2v) is 2.70. The van der Waals surface area contributed by atoms with Crippen molar-refractivity contribution in [2.45, 2.75) is 39.5 Å². The fraction of sp³-hybridized carbons (Fsp3) is 1.00. The van der Waals surface area contributed by atoms with E-state index in [2.05, 4.69) is 12.2 Å². The molecule has 68 valence electrons. The maximum absolute atomic E-state index is 9.41. The molecule has 0 aromatic heterocycles. The molecule has 0 spiro atoms. The van der Waals surface area contributed by atoms with E-state index in [1.165, 1.54) is 0 Å². The van der Waals surface area contributed by atoms with Crippen LogP contribution in [0.3, 0.4) is 0 Å². The van der Waals surface area contributed by atoms with Gasteiger partial charge in [-0.15, -0.1) is 0 Å². The van der Waals surface area contributed by atoms with Crippen molar-refractivity contribution in [1.82, 2.24) is 5.32 Å². The molecular weight excluding hydrogens is 142 g/mol. The van der Waals surface area contributed by atoms with Gasteiger partial charge < -0.3 is 9.84 Å². The highest BCUT2D eigenvalue weighted by atomic mass is 16.6. The highest BCUT2D eigenvalue weighted by Crippen LogP contribution is 1.99. The van der Waals surface area contributed by atoms with Crippen LogP contribution in [0.4, 0.5) is 0 Å². The van der Waals surface area contributed by atoms with Crippen molar-refractivity contribution in [1.29, 1.82) is 0 Å². The molecular formula is C8H19NO2. The van der Waals surface area contributed by atoms with E-state index in [1.54, 1.807) is 6.92 Å². The highest BCUT2D eigenvalue weighted by Gasteiger charge is 2.17. The van der Waals surface area contributed by atoms with Crippen molar-refractivity contribution in [3.05, 3.63) is 0 Å². The maximum atomic E-state index is 9.41. The van der Waals surface area contributed by atoms with Gasteiger partial charge in [0.25, 0.3) is 0 Å². The molecule has 0 aliphatic heterocycles. The van der Waals surface area contributed by atoms with Gasteiger partial charge in [0, 0.05) is 13.5 Å². The maximum Gasteiger partial charge on any atom is 0.221 e. The van der Waals surface area contributed by atoms with Crippen LogP contribution >= 0.6 is 0 Å². The van der Waals surface area contributed by atoms with Gasteiger partial charge in [0.15, 0.2) is 0 Å². The summed E-state index contributed by atoms with van der Waals surface area (Å²) in [6.45, 7) is 6.90. The lowest BCUT2D eigenvalue weighted by Crippen LogP contribution is -2.45. The Hall–Kier alpha value is -0.120. The molecule has 0 heterocycles. The van der Waals surface area contributed by atoms with Crippen molar-refractivity contribution in [2.75, 3.05) is 13.2 Å². The summed E-state index contributed by atoms with van der Waals surface area (Å²) in [5.41, 5.74) is 0. The predicted molar refractivity (Wildman–Crippen MR) is 45.2 cm³/mol. The van der Waals surface area contributed by atoms with Gasteiger partial charge >= 0.3 is 0 Å². The summed E-state index contributed by atoms with van der Waals surface area (Å²) >= 11 is 0. The number of aliphatic hydroxyl groups is 1. The average molecular weight is 161 g/mol. The Morgan fingerprint density at radius 1 is 1.45 bits per heavy atom. The lowest BCUT2D eigenvalue weighted by Gasteiger charge is -2.23. The predicted octanol–water partition coefficient (Wildman–Crippen LogP) is 1.08. The third kappa shape index (κ3) is 6.28. The minimum atomic E-state index is -1.15. The molecule has 0 aliphatic carbocycles. The summed E-state index contributed by atoms with van der Waals surface area (Å²) < 4.78 is 5.02. The van der Waals surface area contributed by atoms with Crippen LogP contribution in [0.25, 0.3) is 0 Å². The second-order valence-electron chi connectivity index (χ2n) is 2.70. The van der Waals surface area contributed by atoms with E-state index >= 15 is 0 Å². The number of hydrogen-bond acceptors (Lipinski definition) is 3. The topological polar surface area (TPSA) is 41.5 Å². The highest BCUT2D eigenvalue weighted by molar-refractivity contribution is 4.55. The first kappa shape index (κ1) is 10.9. The lowest BCUT2D eigenvalue weighted by molar-refractivity contribution is -0.208. The van der Waals surface area contributed by atoms with E-state index in [9.17, 15) is 5.11 Å². The van der Waals surface area contributed by atoms with E-state index in [1.807, 2.05) is 6.92 Å². The van der Waals surface area contributed by atoms with Gasteiger partial charge in [-0.25, -0.2) is 0 Å². The van der Waals surface area contributed by atoms with Crippen LogP contribution in [0, 0.1) is 0 Å². The van der Waals surface area contributed by atoms with Gasteiger partial charge in [-0.05, 0) is 19.9 Å². The first-order valence-corrected chi connectivity index (χ1v) is 4.23. The molecule has 0 aromatic rings. The van der Waals surface area contributed by atoms with E-state index in [0.717, 1.165) is 19.4 Å². The smallest absolute Gasteiger partial charge is 0.221 e. The minimum Gasteiger partial charge on any atom is -0.353 e. The third-order valence-electron chi connectivity index (χ3n) is 1.41. The van der Waals surface area contributed by atoms with Gasteiger partial charge in [0.05, 0.1) is 0 Å². The van der Waals surface area contributed by atoms with E-state index in [4.69, 9.17) is 4.74 Å². The normalized spacial score (nSPS) is 16.4. The minimum absolute atomic E-state index is 0.520. The Morgan fingerprint density at radius 3 is 2.55 bits per heavy atom. The summed E-state index contributed by atoms with van der Waals surface area (Å²) in [6.07, 6.45) is 2.18. The molecule has 3 nitrogen and oxygen atoms in total. The zero-order chi connectivity index (χ0) is 8.74. The Balaban J connectivity index is 3.38. The first-order valence-electron chi connectivity index (χ1n) is 4.23.